The molecule has 0 spiro atoms. The molecule has 0 aromatic heterocycles. The second-order valence-corrected chi connectivity index (χ2v) is 9.31. The summed E-state index contributed by atoms with van der Waals surface area (Å²) in [6.45, 7) is 6.34. The maximum absolute atomic E-state index is 13.2. The van der Waals surface area contributed by atoms with E-state index in [9.17, 15) is 4.79 Å². The molecule has 0 N–H and O–H groups in total. The van der Waals surface area contributed by atoms with Gasteiger partial charge in [-0.15, -0.1) is 0 Å². The van der Waals surface area contributed by atoms with Crippen molar-refractivity contribution in [2.75, 3.05) is 40.3 Å². The highest BCUT2D eigenvalue weighted by molar-refractivity contribution is 5.79. The third-order valence-electron chi connectivity index (χ3n) is 6.49. The Hall–Kier alpha value is -2.37. The van der Waals surface area contributed by atoms with Crippen LogP contribution in [0.15, 0.2) is 48.5 Å². The molecule has 1 saturated heterocycles. The van der Waals surface area contributed by atoms with Crippen molar-refractivity contribution in [3.05, 3.63) is 65.2 Å². The number of nitrogens with zero attached hydrogens (tertiary/aromatic N) is 3. The highest BCUT2D eigenvalue weighted by Crippen LogP contribution is 2.27. The van der Waals surface area contributed by atoms with Gasteiger partial charge in [0, 0.05) is 37.8 Å². The van der Waals surface area contributed by atoms with Gasteiger partial charge in [0.25, 0.3) is 0 Å². The van der Waals surface area contributed by atoms with Crippen LogP contribution in [0.1, 0.15) is 29.5 Å². The maximum Gasteiger partial charge on any atom is 0.227 e. The minimum Gasteiger partial charge on any atom is -0.492 e. The lowest BCUT2D eigenvalue weighted by molar-refractivity contribution is -0.131. The average Bonchev–Trinajstić information content (AvgIpc) is 3.14. The van der Waals surface area contributed by atoms with Crippen molar-refractivity contribution in [1.82, 2.24) is 14.7 Å². The summed E-state index contributed by atoms with van der Waals surface area (Å²) in [4.78, 5) is 20.0. The fraction of sp³-hybridized carbons (Fsp3) is 0.500. The first kappa shape index (κ1) is 21.8. The molecule has 2 atom stereocenters. The van der Waals surface area contributed by atoms with E-state index >= 15 is 0 Å². The number of hydrogen-bond donors (Lipinski definition) is 0. The van der Waals surface area contributed by atoms with E-state index in [4.69, 9.17) is 4.74 Å². The molecule has 4 rings (SSSR count). The van der Waals surface area contributed by atoms with E-state index in [2.05, 4.69) is 78.2 Å². The van der Waals surface area contributed by atoms with E-state index in [1.54, 1.807) is 0 Å². The van der Waals surface area contributed by atoms with Crippen LogP contribution in [-0.2, 0) is 17.8 Å². The van der Waals surface area contributed by atoms with Crippen LogP contribution in [0.5, 0.6) is 5.75 Å². The Morgan fingerprint density at radius 3 is 2.65 bits per heavy atom. The predicted molar refractivity (Wildman–Crippen MR) is 124 cm³/mol. The molecule has 5 nitrogen and oxygen atoms in total. The number of fused-ring (bicyclic) bond motifs is 1. The normalized spacial score (nSPS) is 21.6. The van der Waals surface area contributed by atoms with E-state index in [1.807, 2.05) is 6.07 Å². The number of carbonyl (C=O) groups is 1. The van der Waals surface area contributed by atoms with Crippen molar-refractivity contribution >= 4 is 5.91 Å². The first-order valence-electron chi connectivity index (χ1n) is 11.4. The molecule has 2 aromatic rings. The van der Waals surface area contributed by atoms with E-state index < -0.39 is 0 Å². The van der Waals surface area contributed by atoms with E-state index in [0.717, 1.165) is 50.3 Å². The molecule has 0 aliphatic carbocycles. The number of rotatable bonds is 6. The first-order valence-corrected chi connectivity index (χ1v) is 11.4. The topological polar surface area (TPSA) is 36.0 Å². The number of aryl methyl sites for hydroxylation is 1. The second kappa shape index (κ2) is 9.84. The van der Waals surface area contributed by atoms with Crippen molar-refractivity contribution in [3.63, 3.8) is 0 Å². The molecule has 2 heterocycles. The third-order valence-corrected chi connectivity index (χ3v) is 6.49. The molecule has 1 amide bonds. The summed E-state index contributed by atoms with van der Waals surface area (Å²) in [6.07, 6.45) is 2.65. The van der Waals surface area contributed by atoms with Crippen LogP contribution >= 0.6 is 0 Å². The lowest BCUT2D eigenvalue weighted by atomic mass is 10.1. The SMILES string of the molecule is Cc1ccc(CC(=O)N2CCCC2CN2Cc3ccccc3OCC2CN(C)C)cc1. The summed E-state index contributed by atoms with van der Waals surface area (Å²) in [5.41, 5.74) is 3.56. The van der Waals surface area contributed by atoms with E-state index in [0.29, 0.717) is 19.1 Å². The van der Waals surface area contributed by atoms with Gasteiger partial charge in [0.05, 0.1) is 12.5 Å². The smallest absolute Gasteiger partial charge is 0.227 e. The Labute approximate surface area is 186 Å². The number of likely N-dealkylation sites (N-methyl/N-ethyl adjacent to an activating group) is 1. The van der Waals surface area contributed by atoms with Crippen LogP contribution in [0.4, 0.5) is 0 Å². The van der Waals surface area contributed by atoms with E-state index in [-0.39, 0.29) is 11.9 Å². The zero-order chi connectivity index (χ0) is 21.8. The number of para-hydroxylation sites is 1. The van der Waals surface area contributed by atoms with Crippen LogP contribution in [-0.4, -0.2) is 73.0 Å². The predicted octanol–water partition coefficient (Wildman–Crippen LogP) is 3.35. The molecule has 0 saturated carbocycles. The summed E-state index contributed by atoms with van der Waals surface area (Å²) in [5.74, 6) is 1.24. The van der Waals surface area contributed by atoms with Crippen molar-refractivity contribution in [2.24, 2.45) is 0 Å². The molecule has 2 aliphatic rings. The molecule has 0 bridgehead atoms. The summed E-state index contributed by atoms with van der Waals surface area (Å²) >= 11 is 0. The van der Waals surface area contributed by atoms with Gasteiger partial charge >= 0.3 is 0 Å². The standard InChI is InChI=1S/C26H35N3O2/c1-20-10-12-21(13-11-20)15-26(30)29-14-6-8-23(29)18-28-16-22-7-4-5-9-25(22)31-19-24(28)17-27(2)3/h4-5,7,9-13,23-24H,6,8,14-19H2,1-3H3. The van der Waals surface area contributed by atoms with Crippen LogP contribution < -0.4 is 4.74 Å². The summed E-state index contributed by atoms with van der Waals surface area (Å²) in [5, 5.41) is 0. The number of likely N-dealkylation sites (tertiary alicyclic amines) is 1. The van der Waals surface area contributed by atoms with Crippen molar-refractivity contribution in [2.45, 2.75) is 44.8 Å². The number of hydrogen-bond acceptors (Lipinski definition) is 4. The second-order valence-electron chi connectivity index (χ2n) is 9.31. The van der Waals surface area contributed by atoms with Crippen LogP contribution in [0.2, 0.25) is 0 Å². The van der Waals surface area contributed by atoms with Gasteiger partial charge < -0.3 is 14.5 Å². The van der Waals surface area contributed by atoms with Gasteiger partial charge in [0.15, 0.2) is 0 Å². The zero-order valence-electron chi connectivity index (χ0n) is 19.1. The average molecular weight is 422 g/mol. The van der Waals surface area contributed by atoms with Gasteiger partial charge in [-0.25, -0.2) is 0 Å². The molecule has 0 radical (unpaired) electrons. The molecule has 1 fully saturated rings. The van der Waals surface area contributed by atoms with Gasteiger partial charge in [0.1, 0.15) is 12.4 Å². The molecule has 31 heavy (non-hydrogen) atoms. The summed E-state index contributed by atoms with van der Waals surface area (Å²) in [7, 11) is 4.23. The quantitative estimate of drug-likeness (QED) is 0.717. The molecule has 5 heteroatoms. The number of ether oxygens (including phenoxy) is 1. The molecular weight excluding hydrogens is 386 g/mol. The largest absolute Gasteiger partial charge is 0.492 e. The monoisotopic (exact) mass is 421 g/mol. The molecule has 166 valence electrons. The number of carbonyl (C=O) groups excluding carboxylic acids is 1. The molecule has 2 aliphatic heterocycles. The van der Waals surface area contributed by atoms with Crippen molar-refractivity contribution < 1.29 is 9.53 Å². The third kappa shape index (κ3) is 5.46. The minimum atomic E-state index is 0.252. The van der Waals surface area contributed by atoms with Gasteiger partial charge in [-0.3, -0.25) is 9.69 Å². The lowest BCUT2D eigenvalue weighted by Gasteiger charge is -2.35. The van der Waals surface area contributed by atoms with Crippen molar-refractivity contribution in [3.8, 4) is 5.75 Å². The Kier molecular flexibility index (Phi) is 6.93. The maximum atomic E-state index is 13.2. The molecular formula is C26H35N3O2. The Balaban J connectivity index is 1.47. The van der Waals surface area contributed by atoms with Crippen LogP contribution in [0.3, 0.4) is 0 Å². The van der Waals surface area contributed by atoms with E-state index in [1.165, 1.54) is 11.1 Å². The van der Waals surface area contributed by atoms with Gasteiger partial charge in [-0.05, 0) is 45.5 Å². The van der Waals surface area contributed by atoms with Crippen molar-refractivity contribution in [1.29, 1.82) is 0 Å². The lowest BCUT2D eigenvalue weighted by Crippen LogP contribution is -2.50. The Morgan fingerprint density at radius 2 is 1.87 bits per heavy atom. The summed E-state index contributed by atoms with van der Waals surface area (Å²) in [6, 6.07) is 17.3. The minimum absolute atomic E-state index is 0.252. The number of benzene rings is 2. The Morgan fingerprint density at radius 1 is 1.10 bits per heavy atom. The van der Waals surface area contributed by atoms with Gasteiger partial charge in [-0.2, -0.15) is 0 Å². The van der Waals surface area contributed by atoms with Crippen LogP contribution in [0.25, 0.3) is 0 Å². The first-order chi connectivity index (χ1) is 15.0. The van der Waals surface area contributed by atoms with Gasteiger partial charge in [-0.1, -0.05) is 48.0 Å². The molecule has 2 aromatic carbocycles. The van der Waals surface area contributed by atoms with Gasteiger partial charge in [0.2, 0.25) is 5.91 Å². The zero-order valence-corrected chi connectivity index (χ0v) is 19.1. The molecule has 2 unspecified atom stereocenters. The fourth-order valence-electron chi connectivity index (χ4n) is 4.82. The number of amides is 1. The summed E-state index contributed by atoms with van der Waals surface area (Å²) < 4.78 is 6.17. The fourth-order valence-corrected chi connectivity index (χ4v) is 4.82. The van der Waals surface area contributed by atoms with Crippen LogP contribution in [0, 0.1) is 6.92 Å². The Bertz CT molecular complexity index is 880. The highest BCUT2D eigenvalue weighted by Gasteiger charge is 2.33. The highest BCUT2D eigenvalue weighted by atomic mass is 16.5.